The van der Waals surface area contributed by atoms with Gasteiger partial charge in [0.15, 0.2) is 0 Å². The van der Waals surface area contributed by atoms with Crippen molar-refractivity contribution in [3.8, 4) is 0 Å². The normalized spacial score (nSPS) is 21.0. The summed E-state index contributed by atoms with van der Waals surface area (Å²) in [5, 5.41) is 23.7. The summed E-state index contributed by atoms with van der Waals surface area (Å²) in [5.41, 5.74) is 12.1. The number of imidazole rings is 1. The number of hydrogen-bond donors (Lipinski definition) is 4. The van der Waals surface area contributed by atoms with Gasteiger partial charge in [0.1, 0.15) is 12.2 Å². The molecule has 1 fully saturated rings. The number of anilines is 1. The number of carbonyl (C=O) groups is 1. The molecular weight excluding hydrogens is 526 g/mol. The van der Waals surface area contributed by atoms with Gasteiger partial charge in [-0.15, -0.1) is 0 Å². The van der Waals surface area contributed by atoms with Crippen LogP contribution in [0.15, 0.2) is 109 Å². The number of rotatable bonds is 8. The van der Waals surface area contributed by atoms with Crippen molar-refractivity contribution in [1.82, 2.24) is 19.8 Å². The molecule has 4 atom stereocenters. The molecule has 1 aliphatic rings. The number of nitrogens with one attached hydrogen (secondary N) is 1. The summed E-state index contributed by atoms with van der Waals surface area (Å²) in [6.07, 6.45) is 0.0414. The van der Waals surface area contributed by atoms with E-state index in [0.29, 0.717) is 18.5 Å². The Kier molecular flexibility index (Phi) is 7.90. The van der Waals surface area contributed by atoms with Gasteiger partial charge >= 0.3 is 6.03 Å². The number of urea groups is 1. The number of benzene rings is 4. The van der Waals surface area contributed by atoms with Gasteiger partial charge in [0, 0.05) is 18.8 Å². The zero-order valence-electron chi connectivity index (χ0n) is 23.3. The van der Waals surface area contributed by atoms with Gasteiger partial charge in [0.05, 0.1) is 29.4 Å². The number of nitrogens with two attached hydrogens (primary N) is 1. The first kappa shape index (κ1) is 27.5. The molecule has 2 heterocycles. The van der Waals surface area contributed by atoms with Gasteiger partial charge in [-0.2, -0.15) is 0 Å². The Bertz CT molecular complexity index is 1640. The first-order valence-corrected chi connectivity index (χ1v) is 14.2. The van der Waals surface area contributed by atoms with Crippen LogP contribution in [-0.4, -0.2) is 60.3 Å². The van der Waals surface area contributed by atoms with Crippen LogP contribution < -0.4 is 5.73 Å². The van der Waals surface area contributed by atoms with Crippen molar-refractivity contribution in [2.45, 2.75) is 50.2 Å². The maximum Gasteiger partial charge on any atom is 0.321 e. The number of aromatic amines is 1. The largest absolute Gasteiger partial charge is 0.399 e. The van der Waals surface area contributed by atoms with Gasteiger partial charge < -0.3 is 30.7 Å². The summed E-state index contributed by atoms with van der Waals surface area (Å²) in [5.74, 6) is 0. The minimum atomic E-state index is -1.19. The topological polar surface area (TPSA) is 119 Å². The fourth-order valence-corrected chi connectivity index (χ4v) is 5.98. The summed E-state index contributed by atoms with van der Waals surface area (Å²) in [7, 11) is 0. The third-order valence-electron chi connectivity index (χ3n) is 8.15. The van der Waals surface area contributed by atoms with Gasteiger partial charge in [-0.3, -0.25) is 0 Å². The monoisotopic (exact) mass is 561 g/mol. The molecule has 1 aliphatic heterocycles. The van der Waals surface area contributed by atoms with Gasteiger partial charge in [-0.1, -0.05) is 78.9 Å². The molecule has 0 bridgehead atoms. The number of H-pyrrole nitrogens is 1. The molecule has 8 heteroatoms. The Labute approximate surface area is 245 Å². The molecule has 5 N–H and O–H groups in total. The van der Waals surface area contributed by atoms with Crippen LogP contribution in [0.2, 0.25) is 0 Å². The van der Waals surface area contributed by atoms with Crippen molar-refractivity contribution >= 4 is 22.8 Å². The van der Waals surface area contributed by atoms with Crippen molar-refractivity contribution in [2.75, 3.05) is 5.73 Å². The third-order valence-corrected chi connectivity index (χ3v) is 8.15. The maximum absolute atomic E-state index is 14.7. The molecule has 214 valence electrons. The second kappa shape index (κ2) is 12.1. The number of aliphatic hydroxyl groups excluding tert-OH is 2. The van der Waals surface area contributed by atoms with Crippen LogP contribution in [0, 0.1) is 0 Å². The number of nitrogen functional groups attached to an aromatic ring is 1. The molecule has 4 aromatic carbocycles. The fraction of sp³-hybridized carbons (Fsp3) is 0.235. The zero-order chi connectivity index (χ0) is 29.1. The summed E-state index contributed by atoms with van der Waals surface area (Å²) in [6.45, 7) is 0.486. The van der Waals surface area contributed by atoms with Gasteiger partial charge in [0.25, 0.3) is 0 Å². The molecule has 0 spiro atoms. The maximum atomic E-state index is 14.7. The first-order chi connectivity index (χ1) is 20.5. The molecule has 0 saturated carbocycles. The number of hydrogen-bond acceptors (Lipinski definition) is 5. The number of aromatic nitrogens is 2. The Morgan fingerprint density at radius 1 is 0.690 bits per heavy atom. The highest BCUT2D eigenvalue weighted by Crippen LogP contribution is 2.30. The van der Waals surface area contributed by atoms with E-state index >= 15 is 0 Å². The van der Waals surface area contributed by atoms with Gasteiger partial charge in [-0.25, -0.2) is 9.78 Å². The standard InChI is InChI=1S/C34H35N5O3/c35-27-13-7-12-25(16-27)20-38-30(18-23-8-3-1-4-9-23)32(40)33(41)31(19-24-10-5-2-6-11-24)39(34(38)42)21-26-14-15-28-29(17-26)37-22-36-28/h1-17,22,30-33,40-41H,18-21,35H2,(H,36,37). The number of nitrogens with zero attached hydrogens (tertiary/aromatic N) is 3. The lowest BCUT2D eigenvalue weighted by Gasteiger charge is -2.36. The predicted octanol–water partition coefficient (Wildman–Crippen LogP) is 4.53. The lowest BCUT2D eigenvalue weighted by molar-refractivity contribution is -0.0408. The van der Waals surface area contributed by atoms with Gasteiger partial charge in [0.2, 0.25) is 0 Å². The van der Waals surface area contributed by atoms with E-state index in [1.807, 2.05) is 103 Å². The number of aliphatic hydroxyl groups is 2. The van der Waals surface area contributed by atoms with Crippen LogP contribution in [0.4, 0.5) is 10.5 Å². The number of fused-ring (bicyclic) bond motifs is 1. The Morgan fingerprint density at radius 3 is 1.81 bits per heavy atom. The second-order valence-electron chi connectivity index (χ2n) is 11.0. The van der Waals surface area contributed by atoms with Crippen molar-refractivity contribution < 1.29 is 15.0 Å². The van der Waals surface area contributed by atoms with Crippen LogP contribution in [-0.2, 0) is 25.9 Å². The molecule has 2 amide bonds. The van der Waals surface area contributed by atoms with E-state index in [0.717, 1.165) is 33.3 Å². The lowest BCUT2D eigenvalue weighted by Crippen LogP contribution is -2.50. The number of amides is 2. The van der Waals surface area contributed by atoms with Gasteiger partial charge in [-0.05, 0) is 59.4 Å². The Hall–Kier alpha value is -4.66. The highest BCUT2D eigenvalue weighted by molar-refractivity contribution is 5.77. The molecule has 42 heavy (non-hydrogen) atoms. The summed E-state index contributed by atoms with van der Waals surface area (Å²) >= 11 is 0. The highest BCUT2D eigenvalue weighted by Gasteiger charge is 2.46. The molecule has 1 saturated heterocycles. The van der Waals surface area contributed by atoms with Crippen molar-refractivity contribution in [1.29, 1.82) is 0 Å². The van der Waals surface area contributed by atoms with Crippen molar-refractivity contribution in [3.63, 3.8) is 0 Å². The molecule has 4 unspecified atom stereocenters. The highest BCUT2D eigenvalue weighted by atomic mass is 16.3. The van der Waals surface area contributed by atoms with Crippen LogP contribution in [0.3, 0.4) is 0 Å². The predicted molar refractivity (Wildman–Crippen MR) is 163 cm³/mol. The van der Waals surface area contributed by atoms with Crippen LogP contribution in [0.1, 0.15) is 22.3 Å². The average Bonchev–Trinajstić information content (AvgIpc) is 3.47. The smallest absolute Gasteiger partial charge is 0.321 e. The van der Waals surface area contributed by atoms with E-state index in [-0.39, 0.29) is 19.1 Å². The number of carbonyl (C=O) groups excluding carboxylic acids is 1. The molecule has 5 aromatic rings. The van der Waals surface area contributed by atoms with Crippen LogP contribution in [0.5, 0.6) is 0 Å². The summed E-state index contributed by atoms with van der Waals surface area (Å²) in [6, 6.07) is 31.3. The Morgan fingerprint density at radius 2 is 1.24 bits per heavy atom. The first-order valence-electron chi connectivity index (χ1n) is 14.2. The molecule has 0 aliphatic carbocycles. The average molecular weight is 562 g/mol. The third kappa shape index (κ3) is 5.86. The summed E-state index contributed by atoms with van der Waals surface area (Å²) < 4.78 is 0. The molecule has 0 radical (unpaired) electrons. The molecule has 8 nitrogen and oxygen atoms in total. The van der Waals surface area contributed by atoms with E-state index < -0.39 is 24.3 Å². The van der Waals surface area contributed by atoms with Crippen molar-refractivity contribution in [2.24, 2.45) is 0 Å². The SMILES string of the molecule is Nc1cccc(CN2C(=O)N(Cc3ccc4nc[nH]c4c3)C(Cc3ccccc3)C(O)C(O)C2Cc2ccccc2)c1. The molecular formula is C34H35N5O3. The molecule has 1 aromatic heterocycles. The minimum Gasteiger partial charge on any atom is -0.399 e. The second-order valence-corrected chi connectivity index (χ2v) is 11.0. The fourth-order valence-electron chi connectivity index (χ4n) is 5.98. The van der Waals surface area contributed by atoms with E-state index in [1.54, 1.807) is 16.1 Å². The van der Waals surface area contributed by atoms with E-state index in [9.17, 15) is 15.0 Å². The lowest BCUT2D eigenvalue weighted by atomic mass is 9.91. The van der Waals surface area contributed by atoms with Crippen LogP contribution in [0.25, 0.3) is 11.0 Å². The van der Waals surface area contributed by atoms with Crippen molar-refractivity contribution in [3.05, 3.63) is 132 Å². The summed E-state index contributed by atoms with van der Waals surface area (Å²) in [4.78, 5) is 25.6. The zero-order valence-corrected chi connectivity index (χ0v) is 23.3. The Balaban J connectivity index is 1.43. The van der Waals surface area contributed by atoms with E-state index in [1.165, 1.54) is 0 Å². The van der Waals surface area contributed by atoms with E-state index in [2.05, 4.69) is 9.97 Å². The quantitative estimate of drug-likeness (QED) is 0.208. The molecule has 6 rings (SSSR count). The van der Waals surface area contributed by atoms with Crippen LogP contribution >= 0.6 is 0 Å². The minimum absolute atomic E-state index is 0.235. The van der Waals surface area contributed by atoms with E-state index in [4.69, 9.17) is 5.73 Å².